The zero-order valence-corrected chi connectivity index (χ0v) is 19.3. The van der Waals surface area contributed by atoms with Crippen molar-refractivity contribution in [1.29, 1.82) is 0 Å². The first-order valence-corrected chi connectivity index (χ1v) is 11.2. The van der Waals surface area contributed by atoms with Crippen LogP contribution in [0.4, 0.5) is 15.8 Å². The molecular weight excluding hydrogens is 403 g/mol. The predicted molar refractivity (Wildman–Crippen MR) is 129 cm³/mol. The van der Waals surface area contributed by atoms with Crippen molar-refractivity contribution in [2.45, 2.75) is 27.7 Å². The molecule has 0 aliphatic carbocycles. The van der Waals surface area contributed by atoms with Crippen LogP contribution in [-0.2, 0) is 0 Å². The second kappa shape index (κ2) is 9.17. The van der Waals surface area contributed by atoms with Crippen LogP contribution in [0.2, 0.25) is 0 Å². The first kappa shape index (κ1) is 22.1. The monoisotopic (exact) mass is 434 g/mol. The van der Waals surface area contributed by atoms with Gasteiger partial charge >= 0.3 is 0 Å². The minimum Gasteiger partial charge on any atom is -0.369 e. The Morgan fingerprint density at radius 1 is 0.938 bits per heavy atom. The number of carbonyl (C=O) groups is 1. The van der Waals surface area contributed by atoms with E-state index in [2.05, 4.69) is 34.2 Å². The number of hydrogen-bond donors (Lipinski definition) is 1. The van der Waals surface area contributed by atoms with Crippen molar-refractivity contribution >= 4 is 17.3 Å². The van der Waals surface area contributed by atoms with Gasteiger partial charge in [0.15, 0.2) is 0 Å². The molecule has 0 unspecified atom stereocenters. The molecule has 0 atom stereocenters. The fourth-order valence-corrected chi connectivity index (χ4v) is 4.48. The number of benzene rings is 2. The van der Waals surface area contributed by atoms with Crippen LogP contribution in [-0.4, -0.2) is 48.1 Å². The van der Waals surface area contributed by atoms with Gasteiger partial charge in [0.05, 0.1) is 5.56 Å². The standard InChI is InChI=1S/C26H31FN4O/c1-5-29-12-14-30(15-13-29)23-10-11-25(18(2)16-23)28-26(32)24-17-19(3)31(20(24)4)22-8-6-21(27)7-9-22/h6-11,16-17H,5,12-15H2,1-4H3,(H,28,32). The molecule has 1 amide bonds. The van der Waals surface area contributed by atoms with Crippen LogP contribution in [0.1, 0.15) is 34.2 Å². The van der Waals surface area contributed by atoms with E-state index in [-0.39, 0.29) is 11.7 Å². The summed E-state index contributed by atoms with van der Waals surface area (Å²) in [5.74, 6) is -0.417. The third-order valence-electron chi connectivity index (χ3n) is 6.40. The number of aromatic nitrogens is 1. The second-order valence-corrected chi connectivity index (χ2v) is 8.47. The number of rotatable bonds is 5. The fraction of sp³-hybridized carbons (Fsp3) is 0.346. The maximum absolute atomic E-state index is 13.3. The normalized spacial score (nSPS) is 14.6. The first-order valence-electron chi connectivity index (χ1n) is 11.2. The Bertz CT molecular complexity index is 1110. The van der Waals surface area contributed by atoms with Gasteiger partial charge in [-0.25, -0.2) is 4.39 Å². The van der Waals surface area contributed by atoms with Crippen LogP contribution in [0, 0.1) is 26.6 Å². The summed E-state index contributed by atoms with van der Waals surface area (Å²) in [5, 5.41) is 3.08. The van der Waals surface area contributed by atoms with E-state index >= 15 is 0 Å². The van der Waals surface area contributed by atoms with Gasteiger partial charge in [-0.3, -0.25) is 4.79 Å². The largest absolute Gasteiger partial charge is 0.369 e. The van der Waals surface area contributed by atoms with Gasteiger partial charge in [0.25, 0.3) is 5.91 Å². The van der Waals surface area contributed by atoms with E-state index in [4.69, 9.17) is 0 Å². The predicted octanol–water partition coefficient (Wildman–Crippen LogP) is 4.94. The van der Waals surface area contributed by atoms with E-state index in [1.54, 1.807) is 12.1 Å². The molecule has 4 rings (SSSR count). The van der Waals surface area contributed by atoms with E-state index in [0.29, 0.717) is 5.56 Å². The van der Waals surface area contributed by atoms with Crippen LogP contribution in [0.15, 0.2) is 48.5 Å². The summed E-state index contributed by atoms with van der Waals surface area (Å²) >= 11 is 0. The molecule has 1 fully saturated rings. The molecule has 0 bridgehead atoms. The minimum atomic E-state index is -0.277. The van der Waals surface area contributed by atoms with E-state index < -0.39 is 0 Å². The Hall–Kier alpha value is -3.12. The molecule has 1 aliphatic rings. The summed E-state index contributed by atoms with van der Waals surface area (Å²) < 4.78 is 15.3. The first-order chi connectivity index (χ1) is 15.4. The lowest BCUT2D eigenvalue weighted by Gasteiger charge is -2.35. The lowest BCUT2D eigenvalue weighted by Crippen LogP contribution is -2.46. The van der Waals surface area contributed by atoms with E-state index in [1.807, 2.05) is 37.5 Å². The number of aryl methyl sites for hydroxylation is 2. The summed E-state index contributed by atoms with van der Waals surface area (Å²) in [7, 11) is 0. The highest BCUT2D eigenvalue weighted by atomic mass is 19.1. The number of likely N-dealkylation sites (N-methyl/N-ethyl adjacent to an activating group) is 1. The molecule has 1 saturated heterocycles. The number of nitrogens with zero attached hydrogens (tertiary/aromatic N) is 3. The highest BCUT2D eigenvalue weighted by Crippen LogP contribution is 2.26. The SMILES string of the molecule is CCN1CCN(c2ccc(NC(=O)c3cc(C)n(-c4ccc(F)cc4)c3C)c(C)c2)CC1. The van der Waals surface area contributed by atoms with E-state index in [9.17, 15) is 9.18 Å². The summed E-state index contributed by atoms with van der Waals surface area (Å²) in [4.78, 5) is 18.0. The molecule has 6 heteroatoms. The van der Waals surface area contributed by atoms with E-state index in [1.165, 1.54) is 17.8 Å². The van der Waals surface area contributed by atoms with Crippen LogP contribution >= 0.6 is 0 Å². The number of anilines is 2. The number of halogens is 1. The van der Waals surface area contributed by atoms with Crippen molar-refractivity contribution in [2.75, 3.05) is 42.9 Å². The molecule has 5 nitrogen and oxygen atoms in total. The number of carbonyl (C=O) groups excluding carboxylic acids is 1. The molecule has 0 radical (unpaired) electrons. The Labute approximate surface area is 189 Å². The molecule has 0 saturated carbocycles. The Morgan fingerprint density at radius 2 is 1.59 bits per heavy atom. The van der Waals surface area contributed by atoms with Gasteiger partial charge < -0.3 is 19.7 Å². The van der Waals surface area contributed by atoms with Gasteiger partial charge in [0.2, 0.25) is 0 Å². The molecule has 3 aromatic rings. The van der Waals surface area contributed by atoms with Crippen molar-refractivity contribution in [1.82, 2.24) is 9.47 Å². The van der Waals surface area contributed by atoms with Crippen molar-refractivity contribution in [3.05, 3.63) is 76.9 Å². The third kappa shape index (κ3) is 4.41. The van der Waals surface area contributed by atoms with Crippen molar-refractivity contribution in [3.8, 4) is 5.69 Å². The number of amides is 1. The fourth-order valence-electron chi connectivity index (χ4n) is 4.48. The number of hydrogen-bond acceptors (Lipinski definition) is 3. The van der Waals surface area contributed by atoms with Crippen molar-refractivity contribution in [3.63, 3.8) is 0 Å². The van der Waals surface area contributed by atoms with Gasteiger partial charge in [-0.05, 0) is 81.4 Å². The van der Waals surface area contributed by atoms with Gasteiger partial charge in [-0.1, -0.05) is 6.92 Å². The van der Waals surface area contributed by atoms with Crippen molar-refractivity contribution in [2.24, 2.45) is 0 Å². The smallest absolute Gasteiger partial charge is 0.257 e. The maximum Gasteiger partial charge on any atom is 0.257 e. The highest BCUT2D eigenvalue weighted by Gasteiger charge is 2.19. The summed E-state index contributed by atoms with van der Waals surface area (Å²) in [5.41, 5.74) is 6.27. The van der Waals surface area contributed by atoms with Crippen LogP contribution in [0.3, 0.4) is 0 Å². The topological polar surface area (TPSA) is 40.5 Å². The van der Waals surface area contributed by atoms with Crippen molar-refractivity contribution < 1.29 is 9.18 Å². The molecular formula is C26H31FN4O. The van der Waals surface area contributed by atoms with Crippen LogP contribution < -0.4 is 10.2 Å². The summed E-state index contributed by atoms with van der Waals surface area (Å²) in [6.45, 7) is 13.4. The summed E-state index contributed by atoms with van der Waals surface area (Å²) in [6.07, 6.45) is 0. The highest BCUT2D eigenvalue weighted by molar-refractivity contribution is 6.06. The molecule has 168 valence electrons. The van der Waals surface area contributed by atoms with Crippen LogP contribution in [0.5, 0.6) is 0 Å². The Morgan fingerprint density at radius 3 is 2.22 bits per heavy atom. The van der Waals surface area contributed by atoms with Gasteiger partial charge in [-0.2, -0.15) is 0 Å². The molecule has 2 heterocycles. The molecule has 0 spiro atoms. The molecule has 1 aliphatic heterocycles. The maximum atomic E-state index is 13.3. The van der Waals surface area contributed by atoms with Gasteiger partial charge in [-0.15, -0.1) is 0 Å². The second-order valence-electron chi connectivity index (χ2n) is 8.47. The number of nitrogens with one attached hydrogen (secondary N) is 1. The quantitative estimate of drug-likeness (QED) is 0.619. The lowest BCUT2D eigenvalue weighted by molar-refractivity contribution is 0.102. The zero-order valence-electron chi connectivity index (χ0n) is 19.3. The summed E-state index contributed by atoms with van der Waals surface area (Å²) in [6, 6.07) is 14.4. The minimum absolute atomic E-state index is 0.140. The number of piperazine rings is 1. The van der Waals surface area contributed by atoms with Crippen LogP contribution in [0.25, 0.3) is 5.69 Å². The average molecular weight is 435 g/mol. The van der Waals surface area contributed by atoms with E-state index in [0.717, 1.165) is 61.0 Å². The molecule has 2 aromatic carbocycles. The Kier molecular flexibility index (Phi) is 6.33. The average Bonchev–Trinajstić information content (AvgIpc) is 3.10. The van der Waals surface area contributed by atoms with Gasteiger partial charge in [0.1, 0.15) is 5.82 Å². The molecule has 1 aromatic heterocycles. The van der Waals surface area contributed by atoms with Gasteiger partial charge in [0, 0.05) is 54.6 Å². The molecule has 1 N–H and O–H groups in total. The molecule has 32 heavy (non-hydrogen) atoms. The Balaban J connectivity index is 1.51. The lowest BCUT2D eigenvalue weighted by atomic mass is 10.1. The third-order valence-corrected chi connectivity index (χ3v) is 6.40. The zero-order chi connectivity index (χ0) is 22.8.